The molecule has 2 aromatic carbocycles. The van der Waals surface area contributed by atoms with Crippen molar-refractivity contribution in [2.75, 3.05) is 27.9 Å². The summed E-state index contributed by atoms with van der Waals surface area (Å²) >= 11 is 0. The van der Waals surface area contributed by atoms with E-state index in [4.69, 9.17) is 18.6 Å². The molecule has 0 aliphatic rings. The third-order valence-corrected chi connectivity index (χ3v) is 6.31. The molecular weight excluding hydrogens is 430 g/mol. The van der Waals surface area contributed by atoms with E-state index in [-0.39, 0.29) is 11.3 Å². The molecule has 0 unspecified atom stereocenters. The molecule has 0 aliphatic heterocycles. The summed E-state index contributed by atoms with van der Waals surface area (Å²) in [6.07, 6.45) is 2.23. The molecule has 0 atom stereocenters. The number of nitrogens with one attached hydrogen (secondary N) is 1. The lowest BCUT2D eigenvalue weighted by Crippen LogP contribution is -2.25. The van der Waals surface area contributed by atoms with Crippen molar-refractivity contribution in [3.05, 3.63) is 76.7 Å². The van der Waals surface area contributed by atoms with E-state index in [9.17, 15) is 4.79 Å². The molecule has 0 spiro atoms. The van der Waals surface area contributed by atoms with Gasteiger partial charge in [0.1, 0.15) is 23.0 Å². The van der Waals surface area contributed by atoms with Gasteiger partial charge in [-0.1, -0.05) is 32.9 Å². The van der Waals surface area contributed by atoms with Crippen LogP contribution in [0.1, 0.15) is 60.2 Å². The lowest BCUT2D eigenvalue weighted by molar-refractivity contribution is 0.0925. The first-order chi connectivity index (χ1) is 16.3. The Kier molecular flexibility index (Phi) is 8.26. The highest BCUT2D eigenvalue weighted by Gasteiger charge is 2.20. The lowest BCUT2D eigenvalue weighted by atomic mass is 9.81. The van der Waals surface area contributed by atoms with E-state index < -0.39 is 0 Å². The summed E-state index contributed by atoms with van der Waals surface area (Å²) in [6, 6.07) is 15.5. The minimum Gasteiger partial charge on any atom is -0.497 e. The number of carbonyl (C=O) groups excluding carboxylic acids is 1. The van der Waals surface area contributed by atoms with Gasteiger partial charge in [-0.3, -0.25) is 4.79 Å². The molecule has 6 nitrogen and oxygen atoms in total. The first-order valence-electron chi connectivity index (χ1n) is 11.6. The molecule has 182 valence electrons. The molecule has 0 fully saturated rings. The van der Waals surface area contributed by atoms with Crippen molar-refractivity contribution < 1.29 is 23.4 Å². The molecule has 3 rings (SSSR count). The summed E-state index contributed by atoms with van der Waals surface area (Å²) < 4.78 is 22.0. The second-order valence-corrected chi connectivity index (χ2v) is 8.93. The number of hydrogen-bond donors (Lipinski definition) is 1. The predicted octanol–water partition coefficient (Wildman–Crippen LogP) is 5.56. The largest absolute Gasteiger partial charge is 0.497 e. The molecule has 0 saturated heterocycles. The molecule has 3 aromatic rings. The Morgan fingerprint density at radius 3 is 2.26 bits per heavy atom. The average molecular weight is 466 g/mol. The maximum Gasteiger partial charge on any atom is 0.287 e. The monoisotopic (exact) mass is 465 g/mol. The first-order valence-corrected chi connectivity index (χ1v) is 11.6. The molecule has 1 N–H and O–H groups in total. The van der Waals surface area contributed by atoms with Crippen LogP contribution in [-0.4, -0.2) is 33.8 Å². The quantitative estimate of drug-likeness (QED) is 0.402. The van der Waals surface area contributed by atoms with Crippen molar-refractivity contribution in [1.82, 2.24) is 5.32 Å². The Labute approximate surface area is 202 Å². The van der Waals surface area contributed by atoms with Crippen molar-refractivity contribution in [2.45, 2.75) is 45.4 Å². The number of carbonyl (C=O) groups is 1. The predicted molar refractivity (Wildman–Crippen MR) is 133 cm³/mol. The zero-order valence-corrected chi connectivity index (χ0v) is 21.0. The van der Waals surface area contributed by atoms with Gasteiger partial charge in [0.05, 0.1) is 21.3 Å². The molecule has 0 radical (unpaired) electrons. The molecule has 0 aliphatic carbocycles. The van der Waals surface area contributed by atoms with Crippen LogP contribution in [0.4, 0.5) is 0 Å². The molecule has 0 saturated carbocycles. The summed E-state index contributed by atoms with van der Waals surface area (Å²) in [5, 5.41) is 2.92. The van der Waals surface area contributed by atoms with E-state index >= 15 is 0 Å². The second-order valence-electron chi connectivity index (χ2n) is 8.93. The Bertz CT molecular complexity index is 1090. The minimum absolute atomic E-state index is 0.0714. The van der Waals surface area contributed by atoms with Crippen molar-refractivity contribution in [3.63, 3.8) is 0 Å². The van der Waals surface area contributed by atoms with E-state index in [0.29, 0.717) is 30.9 Å². The van der Waals surface area contributed by atoms with Crippen LogP contribution >= 0.6 is 0 Å². The number of amides is 1. The van der Waals surface area contributed by atoms with Gasteiger partial charge in [-0.05, 0) is 59.7 Å². The topological polar surface area (TPSA) is 69.9 Å². The van der Waals surface area contributed by atoms with E-state index in [0.717, 1.165) is 34.8 Å². The van der Waals surface area contributed by atoms with E-state index in [1.165, 1.54) is 5.56 Å². The summed E-state index contributed by atoms with van der Waals surface area (Å²) in [5.74, 6) is 3.02. The standard InChI is InChI=1S/C28H35NO5/c1-7-28(2,3)21-8-10-25(33-6)20(16-21)17-22-9-11-26(34-22)27(30)29-13-12-19-14-23(31-4)18-24(15-19)32-5/h8-11,14-16,18H,7,12-13,17H2,1-6H3,(H,29,30). The Balaban J connectivity index is 1.64. The van der Waals surface area contributed by atoms with Crippen LogP contribution in [0, 0.1) is 0 Å². The maximum absolute atomic E-state index is 12.6. The van der Waals surface area contributed by atoms with Crippen molar-refractivity contribution in [3.8, 4) is 17.2 Å². The summed E-state index contributed by atoms with van der Waals surface area (Å²) in [4.78, 5) is 12.6. The van der Waals surface area contributed by atoms with Crippen LogP contribution in [0.3, 0.4) is 0 Å². The smallest absolute Gasteiger partial charge is 0.287 e. The van der Waals surface area contributed by atoms with Gasteiger partial charge < -0.3 is 23.9 Å². The van der Waals surface area contributed by atoms with Gasteiger partial charge in [-0.25, -0.2) is 0 Å². The fourth-order valence-corrected chi connectivity index (χ4v) is 3.74. The Hall–Kier alpha value is -3.41. The van der Waals surface area contributed by atoms with Gasteiger partial charge in [0.15, 0.2) is 5.76 Å². The van der Waals surface area contributed by atoms with Crippen molar-refractivity contribution >= 4 is 5.91 Å². The van der Waals surface area contributed by atoms with Crippen LogP contribution in [0.25, 0.3) is 0 Å². The average Bonchev–Trinajstić information content (AvgIpc) is 3.32. The van der Waals surface area contributed by atoms with Crippen molar-refractivity contribution in [1.29, 1.82) is 0 Å². The number of benzene rings is 2. The Morgan fingerprint density at radius 1 is 0.941 bits per heavy atom. The first kappa shape index (κ1) is 25.2. The van der Waals surface area contributed by atoms with Gasteiger partial charge >= 0.3 is 0 Å². The highest BCUT2D eigenvalue weighted by molar-refractivity contribution is 5.91. The van der Waals surface area contributed by atoms with Gasteiger partial charge in [0.2, 0.25) is 0 Å². The number of ether oxygens (including phenoxy) is 3. The van der Waals surface area contributed by atoms with Gasteiger partial charge in [-0.2, -0.15) is 0 Å². The zero-order valence-electron chi connectivity index (χ0n) is 21.0. The van der Waals surface area contributed by atoms with Crippen LogP contribution in [-0.2, 0) is 18.3 Å². The lowest BCUT2D eigenvalue weighted by Gasteiger charge is -2.24. The summed E-state index contributed by atoms with van der Waals surface area (Å²) in [5.41, 5.74) is 3.38. The molecule has 34 heavy (non-hydrogen) atoms. The van der Waals surface area contributed by atoms with Crippen LogP contribution < -0.4 is 19.5 Å². The van der Waals surface area contributed by atoms with Crippen LogP contribution in [0.15, 0.2) is 52.9 Å². The maximum atomic E-state index is 12.6. The normalized spacial score (nSPS) is 11.2. The number of hydrogen-bond acceptors (Lipinski definition) is 5. The van der Waals surface area contributed by atoms with Crippen molar-refractivity contribution in [2.24, 2.45) is 0 Å². The fraction of sp³-hybridized carbons (Fsp3) is 0.393. The minimum atomic E-state index is -0.242. The second kappa shape index (κ2) is 11.1. The van der Waals surface area contributed by atoms with Gasteiger partial charge in [0, 0.05) is 24.6 Å². The number of rotatable bonds is 11. The highest BCUT2D eigenvalue weighted by atomic mass is 16.5. The molecule has 1 aromatic heterocycles. The molecular formula is C28H35NO5. The number of methoxy groups -OCH3 is 3. The molecule has 0 bridgehead atoms. The Morgan fingerprint density at radius 2 is 1.65 bits per heavy atom. The summed E-state index contributed by atoms with van der Waals surface area (Å²) in [7, 11) is 4.90. The highest BCUT2D eigenvalue weighted by Crippen LogP contribution is 2.32. The molecule has 6 heteroatoms. The number of furan rings is 1. The SMILES string of the molecule is CCC(C)(C)c1ccc(OC)c(Cc2ccc(C(=O)NCCc3cc(OC)cc(OC)c3)o2)c1. The van der Waals surface area contributed by atoms with E-state index in [1.807, 2.05) is 30.3 Å². The summed E-state index contributed by atoms with van der Waals surface area (Å²) in [6.45, 7) is 7.12. The molecule has 1 heterocycles. The van der Waals surface area contributed by atoms with Crippen LogP contribution in [0.5, 0.6) is 17.2 Å². The zero-order chi connectivity index (χ0) is 24.7. The third kappa shape index (κ3) is 6.13. The third-order valence-electron chi connectivity index (χ3n) is 6.31. The molecule has 1 amide bonds. The fourth-order valence-electron chi connectivity index (χ4n) is 3.74. The van der Waals surface area contributed by atoms with Gasteiger partial charge in [0.25, 0.3) is 5.91 Å². The van der Waals surface area contributed by atoms with Gasteiger partial charge in [-0.15, -0.1) is 0 Å². The van der Waals surface area contributed by atoms with E-state index in [1.54, 1.807) is 27.4 Å². The van der Waals surface area contributed by atoms with E-state index in [2.05, 4.69) is 38.2 Å². The van der Waals surface area contributed by atoms with Crippen LogP contribution in [0.2, 0.25) is 0 Å².